The zero-order valence-electron chi connectivity index (χ0n) is 19.4. The third-order valence-electron chi connectivity index (χ3n) is 4.31. The van der Waals surface area contributed by atoms with Crippen molar-refractivity contribution in [2.24, 2.45) is 5.73 Å². The van der Waals surface area contributed by atoms with E-state index in [1.807, 2.05) is 0 Å². The molecule has 0 aromatic heterocycles. The molecule has 0 saturated heterocycles. The Morgan fingerprint density at radius 3 is 1.92 bits per heavy atom. The Bertz CT molecular complexity index is 1100. The number of esters is 1. The van der Waals surface area contributed by atoms with Gasteiger partial charge < -0.3 is 30.7 Å². The van der Waals surface area contributed by atoms with Crippen molar-refractivity contribution in [3.05, 3.63) is 65.2 Å². The number of Topliss-reactive ketones (excluding diaryl/α,β-unsaturated/α-hetero) is 1. The summed E-state index contributed by atoms with van der Waals surface area (Å²) in [5.74, 6) is -4.05. The number of rotatable bonds is 10. The van der Waals surface area contributed by atoms with Crippen molar-refractivity contribution in [1.82, 2.24) is 5.32 Å². The molecule has 0 spiro atoms. The van der Waals surface area contributed by atoms with Gasteiger partial charge in [0, 0.05) is 16.7 Å². The first-order valence-electron chi connectivity index (χ1n) is 10.4. The van der Waals surface area contributed by atoms with Gasteiger partial charge in [-0.1, -0.05) is 12.1 Å². The molecular weight excluding hydrogens is 503 g/mol. The highest BCUT2D eigenvalue weighted by Crippen LogP contribution is 2.15. The number of aliphatic hydroxyl groups excluding tert-OH is 1. The first-order valence-corrected chi connectivity index (χ1v) is 10.4. The fourth-order valence-corrected chi connectivity index (χ4v) is 2.50. The molecule has 11 nitrogen and oxygen atoms in total. The molecule has 6 N–H and O–H groups in total. The second kappa shape index (κ2) is 14.2. The molecule has 0 radical (unpaired) electrons. The van der Waals surface area contributed by atoms with Gasteiger partial charge in [0.1, 0.15) is 17.6 Å². The molecule has 37 heavy (non-hydrogen) atoms. The number of aliphatic hydroxyl groups is 1. The number of halogens is 3. The normalized spacial score (nSPS) is 11.3. The first-order chi connectivity index (χ1) is 17.3. The Kier molecular flexibility index (Phi) is 11.7. The molecular formula is C23H24F3N3O8. The molecule has 200 valence electrons. The van der Waals surface area contributed by atoms with E-state index in [1.54, 1.807) is 6.92 Å². The number of hydrogen-bond donors (Lipinski definition) is 5. The summed E-state index contributed by atoms with van der Waals surface area (Å²) in [7, 11) is 0. The number of nitrogens with one attached hydrogen (secondary N) is 2. The molecule has 14 heteroatoms. The molecule has 0 aliphatic carbocycles. The van der Waals surface area contributed by atoms with Crippen molar-refractivity contribution in [3.63, 3.8) is 0 Å². The minimum absolute atomic E-state index is 0.125. The van der Waals surface area contributed by atoms with E-state index in [0.29, 0.717) is 11.3 Å². The maximum absolute atomic E-state index is 12.6. The Labute approximate surface area is 208 Å². The lowest BCUT2D eigenvalue weighted by Crippen LogP contribution is -2.43. The number of ketones is 1. The highest BCUT2D eigenvalue weighted by atomic mass is 19.4. The lowest BCUT2D eigenvalue weighted by Gasteiger charge is -2.16. The Morgan fingerprint density at radius 2 is 1.49 bits per heavy atom. The Hall–Kier alpha value is -4.46. The molecule has 2 rings (SSSR count). The summed E-state index contributed by atoms with van der Waals surface area (Å²) in [4.78, 5) is 45.2. The van der Waals surface area contributed by atoms with Crippen LogP contribution in [0.15, 0.2) is 48.5 Å². The molecule has 0 aliphatic rings. The van der Waals surface area contributed by atoms with E-state index in [1.165, 1.54) is 48.5 Å². The molecule has 0 unspecified atom stereocenters. The molecule has 2 aromatic rings. The van der Waals surface area contributed by atoms with Crippen LogP contribution in [0.25, 0.3) is 0 Å². The number of benzene rings is 2. The van der Waals surface area contributed by atoms with E-state index in [4.69, 9.17) is 30.5 Å². The van der Waals surface area contributed by atoms with Crippen LogP contribution in [0.4, 0.5) is 13.2 Å². The van der Waals surface area contributed by atoms with Gasteiger partial charge in [-0.2, -0.15) is 13.2 Å². The average molecular weight is 527 g/mol. The standard InChI is InChI=1S/C21H23N3O6.C2HF3O2/c1-2-29-18(26)12-30-16-9-7-13(8-10-16)19(27)17(11-25)24-21(28)15-5-3-14(4-6-15)20(22)23;3-2(4,5)1(6)7/h3-10,17,25H,2,11-12H2,1H3,(H3,22,23)(H,24,28);(H,6,7)/t17-;/m0./s1. The predicted molar refractivity (Wildman–Crippen MR) is 122 cm³/mol. The molecule has 0 saturated carbocycles. The number of carbonyl (C=O) groups excluding carboxylic acids is 3. The number of aliphatic carboxylic acids is 1. The summed E-state index contributed by atoms with van der Waals surface area (Å²) in [6.07, 6.45) is -5.08. The van der Waals surface area contributed by atoms with Crippen LogP contribution in [0.2, 0.25) is 0 Å². The number of alkyl halides is 3. The van der Waals surface area contributed by atoms with E-state index in [0.717, 1.165) is 0 Å². The molecule has 1 atom stereocenters. The van der Waals surface area contributed by atoms with Gasteiger partial charge in [-0.15, -0.1) is 0 Å². The van der Waals surface area contributed by atoms with Gasteiger partial charge in [-0.3, -0.25) is 15.0 Å². The molecule has 0 aliphatic heterocycles. The highest BCUT2D eigenvalue weighted by Gasteiger charge is 2.38. The number of ether oxygens (including phenoxy) is 2. The summed E-state index contributed by atoms with van der Waals surface area (Å²) in [6.45, 7) is 1.11. The predicted octanol–water partition coefficient (Wildman–Crippen LogP) is 1.52. The summed E-state index contributed by atoms with van der Waals surface area (Å²) in [5.41, 5.74) is 6.35. The van der Waals surface area contributed by atoms with Gasteiger partial charge in [0.25, 0.3) is 5.91 Å². The van der Waals surface area contributed by atoms with Gasteiger partial charge in [-0.05, 0) is 43.3 Å². The van der Waals surface area contributed by atoms with Crippen molar-refractivity contribution >= 4 is 29.5 Å². The third kappa shape index (κ3) is 10.4. The van der Waals surface area contributed by atoms with Crippen LogP contribution < -0.4 is 15.8 Å². The zero-order valence-corrected chi connectivity index (χ0v) is 19.4. The lowest BCUT2D eigenvalue weighted by atomic mass is 10.0. The van der Waals surface area contributed by atoms with Crippen molar-refractivity contribution in [1.29, 1.82) is 5.41 Å². The lowest BCUT2D eigenvalue weighted by molar-refractivity contribution is -0.192. The van der Waals surface area contributed by atoms with Crippen molar-refractivity contribution < 1.29 is 52.0 Å². The summed E-state index contributed by atoms with van der Waals surface area (Å²) in [6, 6.07) is 10.8. The molecule has 0 bridgehead atoms. The van der Waals surface area contributed by atoms with Crippen LogP contribution in [-0.2, 0) is 14.3 Å². The third-order valence-corrected chi connectivity index (χ3v) is 4.31. The zero-order chi connectivity index (χ0) is 28.2. The number of amidine groups is 1. The Morgan fingerprint density at radius 1 is 1.00 bits per heavy atom. The van der Waals surface area contributed by atoms with Crippen LogP contribution in [0.3, 0.4) is 0 Å². The maximum atomic E-state index is 12.6. The number of nitrogen functional groups attached to an aromatic ring is 1. The van der Waals surface area contributed by atoms with Gasteiger partial charge >= 0.3 is 18.1 Å². The van der Waals surface area contributed by atoms with Crippen LogP contribution in [0.1, 0.15) is 33.2 Å². The fourth-order valence-electron chi connectivity index (χ4n) is 2.50. The number of hydrogen-bond acceptors (Lipinski definition) is 8. The minimum Gasteiger partial charge on any atom is -0.482 e. The Balaban J connectivity index is 0.000000856. The number of carboxylic acids is 1. The quantitative estimate of drug-likeness (QED) is 0.132. The highest BCUT2D eigenvalue weighted by molar-refractivity contribution is 6.04. The van der Waals surface area contributed by atoms with E-state index < -0.39 is 42.5 Å². The van der Waals surface area contributed by atoms with Crippen molar-refractivity contribution in [2.45, 2.75) is 19.1 Å². The van der Waals surface area contributed by atoms with Gasteiger partial charge in [0.15, 0.2) is 12.4 Å². The second-order valence-corrected chi connectivity index (χ2v) is 6.98. The topological polar surface area (TPSA) is 189 Å². The van der Waals surface area contributed by atoms with Crippen LogP contribution in [0, 0.1) is 5.41 Å². The first kappa shape index (κ1) is 30.6. The van der Waals surface area contributed by atoms with Crippen LogP contribution in [0.5, 0.6) is 5.75 Å². The van der Waals surface area contributed by atoms with Gasteiger partial charge in [0.05, 0.1) is 13.2 Å². The number of carbonyl (C=O) groups is 4. The monoisotopic (exact) mass is 527 g/mol. The van der Waals surface area contributed by atoms with E-state index in [-0.39, 0.29) is 30.2 Å². The van der Waals surface area contributed by atoms with E-state index >= 15 is 0 Å². The van der Waals surface area contributed by atoms with Crippen molar-refractivity contribution in [2.75, 3.05) is 19.8 Å². The van der Waals surface area contributed by atoms with E-state index in [2.05, 4.69) is 5.32 Å². The fraction of sp³-hybridized carbons (Fsp3) is 0.261. The SMILES string of the molecule is CCOC(=O)COc1ccc(C(=O)[C@H](CO)NC(=O)c2ccc(C(=N)N)cc2)cc1.O=C(O)C(F)(F)F. The van der Waals surface area contributed by atoms with Crippen LogP contribution >= 0.6 is 0 Å². The summed E-state index contributed by atoms with van der Waals surface area (Å²) < 4.78 is 41.8. The maximum Gasteiger partial charge on any atom is 0.490 e. The summed E-state index contributed by atoms with van der Waals surface area (Å²) in [5, 5.41) is 26.5. The molecule has 1 amide bonds. The molecule has 0 fully saturated rings. The number of amides is 1. The smallest absolute Gasteiger partial charge is 0.482 e. The average Bonchev–Trinajstić information content (AvgIpc) is 2.85. The minimum atomic E-state index is -5.08. The second-order valence-electron chi connectivity index (χ2n) is 6.98. The van der Waals surface area contributed by atoms with Crippen LogP contribution in [-0.4, -0.2) is 71.7 Å². The van der Waals surface area contributed by atoms with Crippen molar-refractivity contribution in [3.8, 4) is 5.75 Å². The largest absolute Gasteiger partial charge is 0.490 e. The van der Waals surface area contributed by atoms with E-state index in [9.17, 15) is 32.7 Å². The van der Waals surface area contributed by atoms with Gasteiger partial charge in [0.2, 0.25) is 0 Å². The number of nitrogens with two attached hydrogens (primary N) is 1. The summed E-state index contributed by atoms with van der Waals surface area (Å²) >= 11 is 0. The molecule has 0 heterocycles. The molecule has 2 aromatic carbocycles. The number of carboxylic acid groups (broad SMARTS) is 1. The van der Waals surface area contributed by atoms with Gasteiger partial charge in [-0.25, -0.2) is 9.59 Å².